The number of fused-ring (bicyclic) bond motifs is 1. The zero-order chi connectivity index (χ0) is 20.0. The summed E-state index contributed by atoms with van der Waals surface area (Å²) in [7, 11) is 5.56. The first-order valence-electron chi connectivity index (χ1n) is 8.81. The third kappa shape index (κ3) is 5.54. The molecule has 0 saturated heterocycles. The zero-order valence-corrected chi connectivity index (χ0v) is 16.9. The van der Waals surface area contributed by atoms with Gasteiger partial charge < -0.3 is 10.2 Å². The lowest BCUT2D eigenvalue weighted by molar-refractivity contribution is -0.858. The summed E-state index contributed by atoms with van der Waals surface area (Å²) in [6.07, 6.45) is 0.814. The molecule has 0 unspecified atom stereocenters. The number of thioether (sulfide) groups is 1. The molecule has 0 saturated carbocycles. The fraction of sp³-hybridized carbons (Fsp3) is 0.444. The first-order chi connectivity index (χ1) is 12.8. The van der Waals surface area contributed by atoms with Gasteiger partial charge >= 0.3 is 6.03 Å². The van der Waals surface area contributed by atoms with Crippen molar-refractivity contribution in [1.82, 2.24) is 20.2 Å². The van der Waals surface area contributed by atoms with Crippen LogP contribution in [0.2, 0.25) is 0 Å². The molecule has 146 valence electrons. The summed E-state index contributed by atoms with van der Waals surface area (Å²) in [4.78, 5) is 42.4. The Morgan fingerprint density at radius 3 is 2.67 bits per heavy atom. The maximum absolute atomic E-state index is 12.9. The highest BCUT2D eigenvalue weighted by atomic mass is 32.2. The number of hydrogen-bond acceptors (Lipinski definition) is 5. The minimum absolute atomic E-state index is 0.115. The van der Waals surface area contributed by atoms with Crippen LogP contribution in [0.4, 0.5) is 4.79 Å². The molecule has 1 aromatic carbocycles. The molecule has 0 aliphatic rings. The summed E-state index contributed by atoms with van der Waals surface area (Å²) in [6, 6.07) is 6.61. The highest BCUT2D eigenvalue weighted by Gasteiger charge is 2.20. The van der Waals surface area contributed by atoms with E-state index < -0.39 is 17.2 Å². The minimum Gasteiger partial charge on any atom is -0.341 e. The molecular weight excluding hydrogens is 366 g/mol. The Labute approximate surface area is 162 Å². The van der Waals surface area contributed by atoms with E-state index in [2.05, 4.69) is 29.7 Å². The molecule has 27 heavy (non-hydrogen) atoms. The number of rotatable bonds is 7. The number of hydrogen-bond donors (Lipinski definition) is 3. The van der Waals surface area contributed by atoms with E-state index in [1.54, 1.807) is 23.6 Å². The summed E-state index contributed by atoms with van der Waals surface area (Å²) in [5.41, 5.74) is 0.481. The Morgan fingerprint density at radius 2 is 2.00 bits per heavy atom. The molecule has 0 radical (unpaired) electrons. The van der Waals surface area contributed by atoms with Crippen molar-refractivity contribution < 1.29 is 14.5 Å². The predicted molar refractivity (Wildman–Crippen MR) is 106 cm³/mol. The highest BCUT2D eigenvalue weighted by molar-refractivity contribution is 8.00. The van der Waals surface area contributed by atoms with E-state index in [9.17, 15) is 14.4 Å². The number of amides is 3. The number of urea groups is 1. The molecule has 0 aliphatic carbocycles. The normalized spacial score (nSPS) is 12.2. The topological polar surface area (TPSA) is 97.5 Å². The van der Waals surface area contributed by atoms with Gasteiger partial charge in [-0.3, -0.25) is 19.5 Å². The van der Waals surface area contributed by atoms with Gasteiger partial charge in [-0.05, 0) is 19.1 Å². The number of carbonyl (C=O) groups excluding carboxylic acids is 2. The van der Waals surface area contributed by atoms with Crippen molar-refractivity contribution in [2.24, 2.45) is 0 Å². The second-order valence-corrected chi connectivity index (χ2v) is 7.82. The molecule has 9 heteroatoms. The number of para-hydroxylation sites is 1. The fourth-order valence-corrected chi connectivity index (χ4v) is 3.45. The molecule has 1 atom stereocenters. The van der Waals surface area contributed by atoms with Crippen LogP contribution in [0.3, 0.4) is 0 Å². The summed E-state index contributed by atoms with van der Waals surface area (Å²) >= 11 is 1.17. The monoisotopic (exact) mass is 392 g/mol. The first-order valence-corrected chi connectivity index (χ1v) is 9.69. The number of nitrogens with zero attached hydrogens (tertiary/aromatic N) is 2. The highest BCUT2D eigenvalue weighted by Crippen LogP contribution is 2.22. The van der Waals surface area contributed by atoms with E-state index in [0.717, 1.165) is 13.0 Å². The average molecular weight is 393 g/mol. The summed E-state index contributed by atoms with van der Waals surface area (Å²) in [5.74, 6) is -0.439. The van der Waals surface area contributed by atoms with Crippen molar-refractivity contribution >= 4 is 34.6 Å². The lowest BCUT2D eigenvalue weighted by Gasteiger charge is -2.16. The van der Waals surface area contributed by atoms with E-state index in [1.807, 2.05) is 12.1 Å². The lowest BCUT2D eigenvalue weighted by atomic mass is 10.2. The van der Waals surface area contributed by atoms with Crippen molar-refractivity contribution in [3.63, 3.8) is 0 Å². The molecule has 0 fully saturated rings. The van der Waals surface area contributed by atoms with E-state index in [1.165, 1.54) is 23.7 Å². The molecule has 0 aliphatic heterocycles. The van der Waals surface area contributed by atoms with Crippen molar-refractivity contribution in [2.45, 2.75) is 30.3 Å². The van der Waals surface area contributed by atoms with Gasteiger partial charge in [-0.25, -0.2) is 9.78 Å². The van der Waals surface area contributed by atoms with Crippen LogP contribution in [-0.4, -0.2) is 54.4 Å². The predicted octanol–water partition coefficient (Wildman–Crippen LogP) is -0.133. The molecular formula is C18H26N5O3S+. The van der Waals surface area contributed by atoms with Gasteiger partial charge in [0.15, 0.2) is 5.16 Å². The van der Waals surface area contributed by atoms with Gasteiger partial charge in [0.25, 0.3) is 5.56 Å². The number of imide groups is 1. The van der Waals surface area contributed by atoms with Gasteiger partial charge in [0.2, 0.25) is 5.91 Å². The van der Waals surface area contributed by atoms with Crippen LogP contribution in [0.15, 0.2) is 34.2 Å². The Kier molecular flexibility index (Phi) is 7.37. The molecule has 1 heterocycles. The number of nitrogens with one attached hydrogen (secondary N) is 3. The smallest absolute Gasteiger partial charge is 0.321 e. The van der Waals surface area contributed by atoms with E-state index in [0.29, 0.717) is 22.6 Å². The molecule has 3 amide bonds. The van der Waals surface area contributed by atoms with Gasteiger partial charge in [0.05, 0.1) is 36.8 Å². The van der Waals surface area contributed by atoms with Crippen LogP contribution in [-0.2, 0) is 11.3 Å². The Morgan fingerprint density at radius 1 is 1.30 bits per heavy atom. The van der Waals surface area contributed by atoms with Crippen LogP contribution >= 0.6 is 11.8 Å². The van der Waals surface area contributed by atoms with Crippen LogP contribution in [0.25, 0.3) is 10.9 Å². The van der Waals surface area contributed by atoms with Crippen molar-refractivity contribution in [3.8, 4) is 0 Å². The molecule has 1 aromatic heterocycles. The molecule has 2 rings (SSSR count). The minimum atomic E-state index is -0.582. The average Bonchev–Trinajstić information content (AvgIpc) is 2.63. The van der Waals surface area contributed by atoms with Crippen molar-refractivity contribution in [1.29, 1.82) is 0 Å². The van der Waals surface area contributed by atoms with Gasteiger partial charge in [0, 0.05) is 20.0 Å². The van der Waals surface area contributed by atoms with Gasteiger partial charge in [-0.2, -0.15) is 0 Å². The van der Waals surface area contributed by atoms with Gasteiger partial charge in [-0.1, -0.05) is 23.9 Å². The molecule has 2 aromatic rings. The third-order valence-corrected chi connectivity index (χ3v) is 5.09. The van der Waals surface area contributed by atoms with E-state index in [-0.39, 0.29) is 5.56 Å². The van der Waals surface area contributed by atoms with Crippen LogP contribution in [0, 0.1) is 0 Å². The lowest BCUT2D eigenvalue weighted by Crippen LogP contribution is -3.05. The van der Waals surface area contributed by atoms with Crippen LogP contribution < -0.4 is 21.1 Å². The number of benzene rings is 1. The third-order valence-electron chi connectivity index (χ3n) is 4.00. The van der Waals surface area contributed by atoms with Crippen molar-refractivity contribution in [2.75, 3.05) is 27.7 Å². The number of carbonyl (C=O) groups is 2. The Bertz CT molecular complexity index is 881. The van der Waals surface area contributed by atoms with Crippen molar-refractivity contribution in [3.05, 3.63) is 34.6 Å². The van der Waals surface area contributed by atoms with Crippen LogP contribution in [0.5, 0.6) is 0 Å². The first kappa shape index (κ1) is 20.9. The number of quaternary nitrogens is 1. The summed E-state index contributed by atoms with van der Waals surface area (Å²) < 4.78 is 1.62. The van der Waals surface area contributed by atoms with Gasteiger partial charge in [0.1, 0.15) is 0 Å². The maximum Gasteiger partial charge on any atom is 0.321 e. The quantitative estimate of drug-likeness (QED) is 0.450. The largest absolute Gasteiger partial charge is 0.341 e. The molecule has 0 spiro atoms. The second-order valence-electron chi connectivity index (χ2n) is 6.51. The maximum atomic E-state index is 12.9. The molecule has 3 N–H and O–H groups in total. The summed E-state index contributed by atoms with van der Waals surface area (Å²) in [6.45, 7) is 3.11. The Hall–Kier alpha value is -2.39. The Balaban J connectivity index is 2.33. The zero-order valence-electron chi connectivity index (χ0n) is 16.0. The standard InChI is InChI=1S/C18H25N5O3S/c1-12(15(24)21-17(26)19-2)27-18-20-14-9-6-5-8-13(14)16(25)23(18)11-7-10-22(3)4/h5-6,8-9,12H,7,10-11H2,1-4H3,(H2,19,21,24,26)/p+1/t12-/m1/s1. The SMILES string of the molecule is CNC(=O)NC(=O)[C@@H](C)Sc1nc2ccccc2c(=O)n1CCC[NH+](C)C. The second kappa shape index (κ2) is 9.52. The van der Waals surface area contributed by atoms with E-state index in [4.69, 9.17) is 0 Å². The van der Waals surface area contributed by atoms with Gasteiger partial charge in [-0.15, -0.1) is 0 Å². The summed E-state index contributed by atoms with van der Waals surface area (Å²) in [5, 5.41) is 5.05. The molecule has 0 bridgehead atoms. The molecule has 8 nitrogen and oxygen atoms in total. The van der Waals surface area contributed by atoms with E-state index >= 15 is 0 Å². The number of aromatic nitrogens is 2. The fourth-order valence-electron chi connectivity index (χ4n) is 2.51. The van der Waals surface area contributed by atoms with Crippen LogP contribution in [0.1, 0.15) is 13.3 Å².